The molecule has 1 N–H and O–H groups in total. The molecule has 2 amide bonds. The molecule has 1 aliphatic heterocycles. The van der Waals surface area contributed by atoms with Gasteiger partial charge in [-0.3, -0.25) is 9.59 Å². The lowest BCUT2D eigenvalue weighted by Crippen LogP contribution is -2.36. The zero-order chi connectivity index (χ0) is 24.2. The van der Waals surface area contributed by atoms with E-state index in [2.05, 4.69) is 5.32 Å². The van der Waals surface area contributed by atoms with Crippen molar-refractivity contribution in [2.45, 2.75) is 12.8 Å². The van der Waals surface area contributed by atoms with E-state index >= 15 is 0 Å². The fourth-order valence-corrected chi connectivity index (χ4v) is 4.54. The summed E-state index contributed by atoms with van der Waals surface area (Å²) in [5.41, 5.74) is 3.55. The number of anilines is 1. The Labute approximate surface area is 207 Å². The molecule has 4 rings (SSSR count). The molecule has 176 valence electrons. The van der Waals surface area contributed by atoms with Gasteiger partial charge in [0, 0.05) is 42.0 Å². The highest BCUT2D eigenvalue weighted by molar-refractivity contribution is 6.34. The summed E-state index contributed by atoms with van der Waals surface area (Å²) in [7, 11) is 1.57. The van der Waals surface area contributed by atoms with E-state index in [1.807, 2.05) is 18.2 Å². The number of hydrogen-bond donors (Lipinski definition) is 1. The quantitative estimate of drug-likeness (QED) is 0.437. The molecule has 1 heterocycles. The van der Waals surface area contributed by atoms with E-state index in [0.717, 1.165) is 24.0 Å². The van der Waals surface area contributed by atoms with Gasteiger partial charge in [0.1, 0.15) is 5.82 Å². The normalized spacial score (nSPS) is 12.9. The molecule has 0 radical (unpaired) electrons. The molecule has 0 atom stereocenters. The molecular formula is C26H23Cl2FN2O3. The molecule has 1 aliphatic rings. The smallest absolute Gasteiger partial charge is 0.262 e. The summed E-state index contributed by atoms with van der Waals surface area (Å²) in [5.74, 6) is -1.33. The van der Waals surface area contributed by atoms with Gasteiger partial charge in [-0.1, -0.05) is 35.3 Å². The second-order valence-corrected chi connectivity index (χ2v) is 8.76. The minimum absolute atomic E-state index is 0.0844. The minimum atomic E-state index is -0.645. The number of amides is 2. The number of carbonyl (C=O) groups excluding carboxylic acids is 2. The van der Waals surface area contributed by atoms with Crippen LogP contribution >= 0.6 is 23.2 Å². The van der Waals surface area contributed by atoms with E-state index in [0.29, 0.717) is 41.5 Å². The van der Waals surface area contributed by atoms with Crippen LogP contribution in [0.4, 0.5) is 10.1 Å². The topological polar surface area (TPSA) is 58.6 Å². The van der Waals surface area contributed by atoms with Crippen LogP contribution in [0.1, 0.15) is 32.7 Å². The zero-order valence-electron chi connectivity index (χ0n) is 18.5. The molecule has 5 nitrogen and oxygen atoms in total. The van der Waals surface area contributed by atoms with Gasteiger partial charge in [-0.05, 0) is 66.4 Å². The molecule has 34 heavy (non-hydrogen) atoms. The first-order chi connectivity index (χ1) is 16.4. The Morgan fingerprint density at radius 3 is 2.68 bits per heavy atom. The Morgan fingerprint density at radius 2 is 1.91 bits per heavy atom. The largest absolute Gasteiger partial charge is 0.383 e. The number of rotatable bonds is 6. The average Bonchev–Trinajstić information content (AvgIpc) is 2.83. The van der Waals surface area contributed by atoms with Gasteiger partial charge in [0.05, 0.1) is 17.2 Å². The first-order valence-electron chi connectivity index (χ1n) is 10.9. The van der Waals surface area contributed by atoms with Crippen LogP contribution in [0.3, 0.4) is 0 Å². The molecule has 0 aromatic heterocycles. The summed E-state index contributed by atoms with van der Waals surface area (Å²) in [5, 5.41) is 3.39. The van der Waals surface area contributed by atoms with Crippen molar-refractivity contribution in [3.63, 3.8) is 0 Å². The molecule has 0 aliphatic carbocycles. The fourth-order valence-electron chi connectivity index (χ4n) is 4.07. The molecule has 8 heteroatoms. The van der Waals surface area contributed by atoms with Crippen LogP contribution < -0.4 is 10.2 Å². The van der Waals surface area contributed by atoms with E-state index < -0.39 is 11.7 Å². The second-order valence-electron chi connectivity index (χ2n) is 7.94. The number of benzene rings is 3. The van der Waals surface area contributed by atoms with E-state index in [1.54, 1.807) is 30.2 Å². The van der Waals surface area contributed by atoms with Gasteiger partial charge >= 0.3 is 0 Å². The molecule has 3 aromatic rings. The molecule has 0 unspecified atom stereocenters. The van der Waals surface area contributed by atoms with E-state index in [9.17, 15) is 14.0 Å². The maximum Gasteiger partial charge on any atom is 0.262 e. The lowest BCUT2D eigenvalue weighted by Gasteiger charge is -2.30. The third-order valence-corrected chi connectivity index (χ3v) is 6.40. The van der Waals surface area contributed by atoms with Crippen LogP contribution in [0.25, 0.3) is 11.1 Å². The van der Waals surface area contributed by atoms with Gasteiger partial charge in [-0.15, -0.1) is 0 Å². The Kier molecular flexibility index (Phi) is 7.51. The van der Waals surface area contributed by atoms with Gasteiger partial charge in [-0.25, -0.2) is 4.39 Å². The van der Waals surface area contributed by atoms with Crippen molar-refractivity contribution in [2.24, 2.45) is 0 Å². The Balaban J connectivity index is 1.65. The highest BCUT2D eigenvalue weighted by Gasteiger charge is 2.27. The van der Waals surface area contributed by atoms with Crippen molar-refractivity contribution in [1.82, 2.24) is 5.32 Å². The summed E-state index contributed by atoms with van der Waals surface area (Å²) in [6, 6.07) is 15.0. The van der Waals surface area contributed by atoms with Crippen LogP contribution in [0, 0.1) is 5.82 Å². The van der Waals surface area contributed by atoms with E-state index in [-0.39, 0.29) is 16.5 Å². The third kappa shape index (κ3) is 4.94. The summed E-state index contributed by atoms with van der Waals surface area (Å²) < 4.78 is 19.3. The number of hydrogen-bond acceptors (Lipinski definition) is 3. The monoisotopic (exact) mass is 500 g/mol. The molecular weight excluding hydrogens is 478 g/mol. The maximum absolute atomic E-state index is 14.4. The second kappa shape index (κ2) is 10.6. The predicted octanol–water partition coefficient (Wildman–Crippen LogP) is 5.77. The van der Waals surface area contributed by atoms with Crippen molar-refractivity contribution in [2.75, 3.05) is 31.7 Å². The first kappa shape index (κ1) is 24.2. The number of methoxy groups -OCH3 is 1. The van der Waals surface area contributed by atoms with Gasteiger partial charge in [0.25, 0.3) is 11.8 Å². The van der Waals surface area contributed by atoms with Crippen LogP contribution in [-0.2, 0) is 11.2 Å². The first-order valence-corrected chi connectivity index (χ1v) is 11.6. The maximum atomic E-state index is 14.4. The molecule has 0 spiro atoms. The lowest BCUT2D eigenvalue weighted by atomic mass is 9.94. The summed E-state index contributed by atoms with van der Waals surface area (Å²) in [4.78, 5) is 27.2. The number of ether oxygens (including phenoxy) is 1. The van der Waals surface area contributed by atoms with Crippen molar-refractivity contribution in [3.8, 4) is 11.1 Å². The van der Waals surface area contributed by atoms with Gasteiger partial charge < -0.3 is 15.0 Å². The highest BCUT2D eigenvalue weighted by atomic mass is 35.5. The van der Waals surface area contributed by atoms with E-state index in [1.165, 1.54) is 18.2 Å². The lowest BCUT2D eigenvalue weighted by molar-refractivity contribution is 0.0936. The number of aryl methyl sites for hydroxylation is 1. The van der Waals surface area contributed by atoms with Crippen LogP contribution in [-0.4, -0.2) is 38.6 Å². The molecule has 3 aromatic carbocycles. The van der Waals surface area contributed by atoms with Crippen molar-refractivity contribution >= 4 is 40.7 Å². The molecule has 0 saturated carbocycles. The molecule has 0 bridgehead atoms. The number of carbonyl (C=O) groups is 2. The Bertz CT molecular complexity index is 1230. The number of nitrogens with zero attached hydrogens (tertiary/aromatic N) is 1. The van der Waals surface area contributed by atoms with E-state index in [4.69, 9.17) is 27.9 Å². The standard InChI is InChI=1S/C26H23Cl2FN2O3/c1-34-13-11-30-25(32)18-7-9-20(27)19(15-18)16-8-10-23-17(14-16)4-3-12-31(23)26(33)24-21(28)5-2-6-22(24)29/h2,5-10,14-15H,3-4,11-13H2,1H3,(H,30,32). The predicted molar refractivity (Wildman–Crippen MR) is 133 cm³/mol. The average molecular weight is 501 g/mol. The van der Waals surface area contributed by atoms with Gasteiger partial charge in [0.2, 0.25) is 0 Å². The van der Waals surface area contributed by atoms with Crippen molar-refractivity contribution in [1.29, 1.82) is 0 Å². The highest BCUT2D eigenvalue weighted by Crippen LogP contribution is 2.36. The summed E-state index contributed by atoms with van der Waals surface area (Å²) in [6.07, 6.45) is 1.48. The number of fused-ring (bicyclic) bond motifs is 1. The Morgan fingerprint density at radius 1 is 1.09 bits per heavy atom. The van der Waals surface area contributed by atoms with Crippen LogP contribution in [0.15, 0.2) is 54.6 Å². The summed E-state index contributed by atoms with van der Waals surface area (Å²) in [6.45, 7) is 1.29. The van der Waals surface area contributed by atoms with Crippen LogP contribution in [0.5, 0.6) is 0 Å². The summed E-state index contributed by atoms with van der Waals surface area (Å²) >= 11 is 12.6. The SMILES string of the molecule is COCCNC(=O)c1ccc(Cl)c(-c2ccc3c(c2)CCCN3C(=O)c2c(F)cccc2Cl)c1. The zero-order valence-corrected chi connectivity index (χ0v) is 20.0. The fraction of sp³-hybridized carbons (Fsp3) is 0.231. The Hall–Kier alpha value is -2.93. The molecule has 0 saturated heterocycles. The minimum Gasteiger partial charge on any atom is -0.383 e. The van der Waals surface area contributed by atoms with Crippen molar-refractivity contribution < 1.29 is 18.7 Å². The molecule has 0 fully saturated rings. The van der Waals surface area contributed by atoms with Gasteiger partial charge in [0.15, 0.2) is 0 Å². The third-order valence-electron chi connectivity index (χ3n) is 5.75. The van der Waals surface area contributed by atoms with Gasteiger partial charge in [-0.2, -0.15) is 0 Å². The number of nitrogens with one attached hydrogen (secondary N) is 1. The van der Waals surface area contributed by atoms with Crippen molar-refractivity contribution in [3.05, 3.63) is 87.2 Å². The number of halogens is 3. The van der Waals surface area contributed by atoms with Crippen LogP contribution in [0.2, 0.25) is 10.0 Å².